The maximum Gasteiger partial charge on any atom is 0.219 e. The average molecular weight is 352 g/mol. The number of hydrogen-bond donors (Lipinski definition) is 0. The van der Waals surface area contributed by atoms with Gasteiger partial charge in [-0.3, -0.25) is 4.79 Å². The normalized spacial score (nSPS) is 26.8. The van der Waals surface area contributed by atoms with Crippen LogP contribution in [0.2, 0.25) is 0 Å². The Labute approximate surface area is 132 Å². The molecule has 0 bridgehead atoms. The quantitative estimate of drug-likeness (QED) is 0.692. The molecule has 22 heavy (non-hydrogen) atoms. The van der Waals surface area contributed by atoms with Crippen LogP contribution >= 0.6 is 0 Å². The smallest absolute Gasteiger partial charge is 0.219 e. The molecule has 0 saturated carbocycles. The standard InChI is InChI=1S/C13H24N2O5S2/c1-12(16)14-5-2-6-15(8-7-14)22(19,20)10-4-13-3-9-21(17,18)11-13/h13H,2-11H2,1H3. The predicted molar refractivity (Wildman–Crippen MR) is 83.6 cm³/mol. The summed E-state index contributed by atoms with van der Waals surface area (Å²) in [5.41, 5.74) is 0. The van der Waals surface area contributed by atoms with Crippen molar-refractivity contribution in [3.63, 3.8) is 0 Å². The molecule has 128 valence electrons. The minimum absolute atomic E-state index is 0.00669. The van der Waals surface area contributed by atoms with Gasteiger partial charge in [-0.1, -0.05) is 0 Å². The van der Waals surface area contributed by atoms with Gasteiger partial charge in [-0.05, 0) is 25.2 Å². The van der Waals surface area contributed by atoms with Crippen molar-refractivity contribution in [2.45, 2.75) is 26.2 Å². The molecule has 7 nitrogen and oxygen atoms in total. The van der Waals surface area contributed by atoms with Crippen molar-refractivity contribution in [3.8, 4) is 0 Å². The van der Waals surface area contributed by atoms with Crippen molar-refractivity contribution in [2.24, 2.45) is 5.92 Å². The molecule has 0 aromatic heterocycles. The van der Waals surface area contributed by atoms with E-state index in [1.807, 2.05) is 0 Å². The third-order valence-electron chi connectivity index (χ3n) is 4.40. The van der Waals surface area contributed by atoms with Crippen molar-refractivity contribution >= 4 is 25.8 Å². The molecule has 9 heteroatoms. The van der Waals surface area contributed by atoms with Gasteiger partial charge < -0.3 is 4.90 Å². The van der Waals surface area contributed by atoms with Crippen molar-refractivity contribution in [1.82, 2.24) is 9.21 Å². The van der Waals surface area contributed by atoms with Gasteiger partial charge in [0.05, 0.1) is 17.3 Å². The Balaban J connectivity index is 1.89. The Kier molecular flexibility index (Phi) is 5.50. The summed E-state index contributed by atoms with van der Waals surface area (Å²) in [7, 11) is -6.34. The van der Waals surface area contributed by atoms with Crippen LogP contribution in [0.1, 0.15) is 26.2 Å². The molecular formula is C13H24N2O5S2. The fraction of sp³-hybridized carbons (Fsp3) is 0.923. The van der Waals surface area contributed by atoms with Crippen molar-refractivity contribution in [2.75, 3.05) is 43.4 Å². The Morgan fingerprint density at radius 2 is 1.91 bits per heavy atom. The van der Waals surface area contributed by atoms with Crippen molar-refractivity contribution < 1.29 is 21.6 Å². The molecule has 2 fully saturated rings. The fourth-order valence-electron chi connectivity index (χ4n) is 3.03. The first-order valence-electron chi connectivity index (χ1n) is 7.63. The highest BCUT2D eigenvalue weighted by Crippen LogP contribution is 2.23. The maximum absolute atomic E-state index is 12.4. The molecule has 2 heterocycles. The van der Waals surface area contributed by atoms with Gasteiger partial charge in [0, 0.05) is 33.1 Å². The third kappa shape index (κ3) is 4.66. The van der Waals surface area contributed by atoms with Gasteiger partial charge in [-0.15, -0.1) is 0 Å². The largest absolute Gasteiger partial charge is 0.342 e. The monoisotopic (exact) mass is 352 g/mol. The molecule has 2 saturated heterocycles. The Hall–Kier alpha value is -0.670. The highest BCUT2D eigenvalue weighted by Gasteiger charge is 2.31. The summed E-state index contributed by atoms with van der Waals surface area (Å²) in [5, 5.41) is 0. The van der Waals surface area contributed by atoms with E-state index >= 15 is 0 Å². The van der Waals surface area contributed by atoms with E-state index in [2.05, 4.69) is 0 Å². The summed E-state index contributed by atoms with van der Waals surface area (Å²) < 4.78 is 49.1. The molecule has 0 aromatic carbocycles. The molecule has 2 aliphatic rings. The zero-order valence-corrected chi connectivity index (χ0v) is 14.5. The fourth-order valence-corrected chi connectivity index (χ4v) is 6.60. The number of carbonyl (C=O) groups excluding carboxylic acids is 1. The Bertz CT molecular complexity index is 614. The summed E-state index contributed by atoms with van der Waals surface area (Å²) in [4.78, 5) is 13.0. The van der Waals surface area contributed by atoms with E-state index in [9.17, 15) is 21.6 Å². The summed E-state index contributed by atoms with van der Waals surface area (Å²) in [6.07, 6.45) is 1.60. The van der Waals surface area contributed by atoms with Gasteiger partial charge in [0.2, 0.25) is 15.9 Å². The van der Waals surface area contributed by atoms with E-state index in [1.54, 1.807) is 4.90 Å². The van der Waals surface area contributed by atoms with E-state index < -0.39 is 19.9 Å². The minimum atomic E-state index is -3.38. The minimum Gasteiger partial charge on any atom is -0.342 e. The summed E-state index contributed by atoms with van der Waals surface area (Å²) >= 11 is 0. The van der Waals surface area contributed by atoms with E-state index in [0.29, 0.717) is 45.4 Å². The molecule has 0 aliphatic carbocycles. The second kappa shape index (κ2) is 6.84. The van der Waals surface area contributed by atoms with Crippen LogP contribution in [0.25, 0.3) is 0 Å². The lowest BCUT2D eigenvalue weighted by Gasteiger charge is -2.21. The second-order valence-electron chi connectivity index (χ2n) is 6.13. The van der Waals surface area contributed by atoms with Crippen LogP contribution in [0, 0.1) is 5.92 Å². The number of sulfonamides is 1. The van der Waals surface area contributed by atoms with Crippen LogP contribution in [-0.2, 0) is 24.7 Å². The van der Waals surface area contributed by atoms with Gasteiger partial charge >= 0.3 is 0 Å². The number of amides is 1. The molecule has 2 aliphatic heterocycles. The zero-order chi connectivity index (χ0) is 16.4. The van der Waals surface area contributed by atoms with Gasteiger partial charge in [0.1, 0.15) is 0 Å². The van der Waals surface area contributed by atoms with Gasteiger partial charge in [0.25, 0.3) is 0 Å². The second-order valence-corrected chi connectivity index (χ2v) is 10.4. The van der Waals surface area contributed by atoms with Crippen molar-refractivity contribution in [3.05, 3.63) is 0 Å². The highest BCUT2D eigenvalue weighted by molar-refractivity contribution is 7.91. The molecule has 0 radical (unpaired) electrons. The zero-order valence-electron chi connectivity index (χ0n) is 12.9. The SMILES string of the molecule is CC(=O)N1CCCN(S(=O)(=O)CCC2CCS(=O)(=O)C2)CC1. The van der Waals surface area contributed by atoms with Crippen molar-refractivity contribution in [1.29, 1.82) is 0 Å². The third-order valence-corrected chi connectivity index (χ3v) is 8.14. The number of sulfone groups is 1. The van der Waals surface area contributed by atoms with E-state index in [-0.39, 0.29) is 29.1 Å². The molecule has 1 amide bonds. The molecule has 1 atom stereocenters. The summed E-state index contributed by atoms with van der Waals surface area (Å²) in [6.45, 7) is 3.25. The lowest BCUT2D eigenvalue weighted by Crippen LogP contribution is -2.38. The molecule has 2 rings (SSSR count). The molecule has 0 spiro atoms. The first-order valence-corrected chi connectivity index (χ1v) is 11.1. The topological polar surface area (TPSA) is 91.8 Å². The molecular weight excluding hydrogens is 328 g/mol. The first-order chi connectivity index (χ1) is 10.2. The lowest BCUT2D eigenvalue weighted by molar-refractivity contribution is -0.128. The lowest BCUT2D eigenvalue weighted by atomic mass is 10.1. The van der Waals surface area contributed by atoms with Crippen LogP contribution in [-0.4, -0.2) is 75.4 Å². The van der Waals surface area contributed by atoms with E-state index in [4.69, 9.17) is 0 Å². The average Bonchev–Trinajstić information content (AvgIpc) is 2.65. The van der Waals surface area contributed by atoms with E-state index in [0.717, 1.165) is 0 Å². The number of nitrogens with zero attached hydrogens (tertiary/aromatic N) is 2. The maximum atomic E-state index is 12.4. The van der Waals surface area contributed by atoms with Crippen LogP contribution in [0.5, 0.6) is 0 Å². The molecule has 0 N–H and O–H groups in total. The summed E-state index contributed by atoms with van der Waals surface area (Å²) in [6, 6.07) is 0. The number of carbonyl (C=O) groups is 1. The van der Waals surface area contributed by atoms with Gasteiger partial charge in [0.15, 0.2) is 9.84 Å². The van der Waals surface area contributed by atoms with Crippen LogP contribution < -0.4 is 0 Å². The molecule has 1 unspecified atom stereocenters. The van der Waals surface area contributed by atoms with Gasteiger partial charge in [-0.25, -0.2) is 21.1 Å². The number of hydrogen-bond acceptors (Lipinski definition) is 5. The predicted octanol–water partition coefficient (Wildman–Crippen LogP) is -0.305. The highest BCUT2D eigenvalue weighted by atomic mass is 32.2. The van der Waals surface area contributed by atoms with E-state index in [1.165, 1.54) is 11.2 Å². The Morgan fingerprint density at radius 1 is 1.18 bits per heavy atom. The first kappa shape index (κ1) is 17.7. The Morgan fingerprint density at radius 3 is 2.50 bits per heavy atom. The van der Waals surface area contributed by atoms with Gasteiger partial charge in [-0.2, -0.15) is 0 Å². The van der Waals surface area contributed by atoms with Crippen LogP contribution in [0.15, 0.2) is 0 Å². The van der Waals surface area contributed by atoms with Crippen LogP contribution in [0.4, 0.5) is 0 Å². The summed E-state index contributed by atoms with van der Waals surface area (Å²) in [5.74, 6) is 0.207. The number of rotatable bonds is 4. The molecule has 0 aromatic rings. The van der Waals surface area contributed by atoms with Crippen LogP contribution in [0.3, 0.4) is 0 Å².